The summed E-state index contributed by atoms with van der Waals surface area (Å²) in [5.41, 5.74) is 2.46. The van der Waals surface area contributed by atoms with Crippen LogP contribution in [0.5, 0.6) is 5.75 Å². The van der Waals surface area contributed by atoms with Crippen molar-refractivity contribution >= 4 is 11.7 Å². The van der Waals surface area contributed by atoms with Crippen LogP contribution in [0.15, 0.2) is 67.4 Å². The van der Waals surface area contributed by atoms with E-state index in [0.29, 0.717) is 24.5 Å². The molecule has 1 aliphatic rings. The van der Waals surface area contributed by atoms with E-state index >= 15 is 0 Å². The van der Waals surface area contributed by atoms with Gasteiger partial charge in [0, 0.05) is 17.9 Å². The molecule has 0 fully saturated rings. The number of hydrogen-bond acceptors (Lipinski definition) is 3. The Morgan fingerprint density at radius 1 is 1.30 bits per heavy atom. The highest BCUT2D eigenvalue weighted by Crippen LogP contribution is 2.38. The highest BCUT2D eigenvalue weighted by atomic mass is 19.1. The second-order valence-corrected chi connectivity index (χ2v) is 6.31. The normalized spacial score (nSPS) is 15.7. The standard InChI is InChI=1S/C21H18FN3O2/c1-2-10-27-17-8-6-14(7-9-17)18-12-20(26)24-21-19(18)13-23-25(21)16-5-3-4-15(22)11-16/h2-9,11,13,18H,1,10,12H2,(H,24,26). The van der Waals surface area contributed by atoms with Crippen LogP contribution >= 0.6 is 0 Å². The minimum absolute atomic E-state index is 0.0994. The van der Waals surface area contributed by atoms with E-state index in [4.69, 9.17) is 4.74 Å². The SMILES string of the molecule is C=CCOc1ccc(C2CC(=O)Nc3c2cnn3-c2cccc(F)c2)cc1. The van der Waals surface area contributed by atoms with E-state index in [1.54, 1.807) is 29.1 Å². The van der Waals surface area contributed by atoms with Crippen molar-refractivity contribution in [1.29, 1.82) is 0 Å². The summed E-state index contributed by atoms with van der Waals surface area (Å²) in [6.07, 6.45) is 3.74. The third-order valence-corrected chi connectivity index (χ3v) is 4.52. The molecule has 1 amide bonds. The minimum Gasteiger partial charge on any atom is -0.490 e. The number of nitrogens with zero attached hydrogens (tertiary/aromatic N) is 2. The number of carbonyl (C=O) groups excluding carboxylic acids is 1. The number of hydrogen-bond donors (Lipinski definition) is 1. The van der Waals surface area contributed by atoms with Crippen molar-refractivity contribution < 1.29 is 13.9 Å². The van der Waals surface area contributed by atoms with Gasteiger partial charge in [0.05, 0.1) is 11.9 Å². The second kappa shape index (κ2) is 7.07. The molecule has 2 heterocycles. The lowest BCUT2D eigenvalue weighted by molar-refractivity contribution is -0.116. The number of carbonyl (C=O) groups is 1. The Balaban J connectivity index is 1.70. The Bertz CT molecular complexity index is 995. The average molecular weight is 363 g/mol. The fourth-order valence-electron chi connectivity index (χ4n) is 3.27. The molecule has 1 unspecified atom stereocenters. The van der Waals surface area contributed by atoms with E-state index in [0.717, 1.165) is 16.9 Å². The number of halogens is 1. The van der Waals surface area contributed by atoms with E-state index in [1.807, 2.05) is 24.3 Å². The third-order valence-electron chi connectivity index (χ3n) is 4.52. The minimum atomic E-state index is -0.356. The summed E-state index contributed by atoms with van der Waals surface area (Å²) < 4.78 is 20.7. The maximum atomic E-state index is 13.6. The molecule has 0 saturated carbocycles. The van der Waals surface area contributed by atoms with Gasteiger partial charge in [-0.05, 0) is 35.9 Å². The highest BCUT2D eigenvalue weighted by Gasteiger charge is 2.30. The van der Waals surface area contributed by atoms with Gasteiger partial charge < -0.3 is 10.1 Å². The molecule has 1 aliphatic heterocycles. The molecule has 3 aromatic rings. The molecular formula is C21H18FN3O2. The fourth-order valence-corrected chi connectivity index (χ4v) is 3.27. The number of ether oxygens (including phenoxy) is 1. The van der Waals surface area contributed by atoms with Crippen LogP contribution in [0.2, 0.25) is 0 Å². The second-order valence-electron chi connectivity index (χ2n) is 6.31. The number of rotatable bonds is 5. The van der Waals surface area contributed by atoms with Crippen LogP contribution in [0.1, 0.15) is 23.5 Å². The van der Waals surface area contributed by atoms with Crippen molar-refractivity contribution in [2.24, 2.45) is 0 Å². The molecule has 6 heteroatoms. The van der Waals surface area contributed by atoms with Crippen LogP contribution in [0.25, 0.3) is 5.69 Å². The quantitative estimate of drug-likeness (QED) is 0.696. The van der Waals surface area contributed by atoms with Gasteiger partial charge in [-0.15, -0.1) is 0 Å². The zero-order valence-corrected chi connectivity index (χ0v) is 14.6. The molecule has 1 N–H and O–H groups in total. The van der Waals surface area contributed by atoms with Gasteiger partial charge in [0.15, 0.2) is 0 Å². The van der Waals surface area contributed by atoms with Gasteiger partial charge in [-0.3, -0.25) is 4.79 Å². The predicted octanol–water partition coefficient (Wildman–Crippen LogP) is 4.05. The number of nitrogens with one attached hydrogen (secondary N) is 1. The van der Waals surface area contributed by atoms with Crippen molar-refractivity contribution in [1.82, 2.24) is 9.78 Å². The summed E-state index contributed by atoms with van der Waals surface area (Å²) in [6.45, 7) is 4.07. The van der Waals surface area contributed by atoms with E-state index in [2.05, 4.69) is 17.0 Å². The summed E-state index contributed by atoms with van der Waals surface area (Å²) >= 11 is 0. The first-order valence-corrected chi connectivity index (χ1v) is 8.63. The maximum Gasteiger partial charge on any atom is 0.226 e. The van der Waals surface area contributed by atoms with Gasteiger partial charge in [0.25, 0.3) is 0 Å². The van der Waals surface area contributed by atoms with Crippen LogP contribution in [-0.2, 0) is 4.79 Å². The first kappa shape index (κ1) is 17.0. The lowest BCUT2D eigenvalue weighted by atomic mass is 9.87. The van der Waals surface area contributed by atoms with Gasteiger partial charge in [-0.2, -0.15) is 5.10 Å². The number of aromatic nitrogens is 2. The van der Waals surface area contributed by atoms with Crippen LogP contribution in [0.3, 0.4) is 0 Å². The van der Waals surface area contributed by atoms with Crippen LogP contribution in [0, 0.1) is 5.82 Å². The van der Waals surface area contributed by atoms with E-state index in [9.17, 15) is 9.18 Å². The lowest BCUT2D eigenvalue weighted by Gasteiger charge is -2.24. The van der Waals surface area contributed by atoms with Crippen molar-refractivity contribution in [3.8, 4) is 11.4 Å². The fraction of sp³-hybridized carbons (Fsp3) is 0.143. The molecule has 0 radical (unpaired) electrons. The number of amides is 1. The zero-order valence-electron chi connectivity index (χ0n) is 14.6. The molecule has 0 spiro atoms. The average Bonchev–Trinajstić information content (AvgIpc) is 3.10. The summed E-state index contributed by atoms with van der Waals surface area (Å²) in [5, 5.41) is 7.25. The molecule has 27 heavy (non-hydrogen) atoms. The summed E-state index contributed by atoms with van der Waals surface area (Å²) in [7, 11) is 0. The Morgan fingerprint density at radius 2 is 2.11 bits per heavy atom. The van der Waals surface area contributed by atoms with Crippen molar-refractivity contribution in [3.63, 3.8) is 0 Å². The molecule has 0 bridgehead atoms. The molecule has 4 rings (SSSR count). The maximum absolute atomic E-state index is 13.6. The summed E-state index contributed by atoms with van der Waals surface area (Å²) in [6, 6.07) is 13.8. The number of fused-ring (bicyclic) bond motifs is 1. The summed E-state index contributed by atoms with van der Waals surface area (Å²) in [5.74, 6) is 0.746. The molecule has 1 aromatic heterocycles. The molecule has 0 aliphatic carbocycles. The predicted molar refractivity (Wildman–Crippen MR) is 101 cm³/mol. The van der Waals surface area contributed by atoms with Gasteiger partial charge >= 0.3 is 0 Å². The largest absolute Gasteiger partial charge is 0.490 e. The lowest BCUT2D eigenvalue weighted by Crippen LogP contribution is -2.24. The Morgan fingerprint density at radius 3 is 2.85 bits per heavy atom. The topological polar surface area (TPSA) is 56.1 Å². The molecule has 1 atom stereocenters. The van der Waals surface area contributed by atoms with E-state index in [1.165, 1.54) is 12.1 Å². The first-order valence-electron chi connectivity index (χ1n) is 8.63. The van der Waals surface area contributed by atoms with Crippen molar-refractivity contribution in [3.05, 3.63) is 84.3 Å². The monoisotopic (exact) mass is 363 g/mol. The third kappa shape index (κ3) is 3.33. The molecular weight excluding hydrogens is 345 g/mol. The Labute approximate surface area is 156 Å². The van der Waals surface area contributed by atoms with Crippen molar-refractivity contribution in [2.75, 3.05) is 11.9 Å². The number of anilines is 1. The molecule has 0 saturated heterocycles. The van der Waals surface area contributed by atoms with E-state index < -0.39 is 0 Å². The molecule has 2 aromatic carbocycles. The van der Waals surface area contributed by atoms with E-state index in [-0.39, 0.29) is 17.6 Å². The van der Waals surface area contributed by atoms with Gasteiger partial charge in [-0.25, -0.2) is 9.07 Å². The summed E-state index contributed by atoms with van der Waals surface area (Å²) in [4.78, 5) is 12.3. The van der Waals surface area contributed by atoms with Crippen molar-refractivity contribution in [2.45, 2.75) is 12.3 Å². The molecule has 5 nitrogen and oxygen atoms in total. The Kier molecular flexibility index (Phi) is 4.46. The molecule has 136 valence electrons. The Hall–Kier alpha value is -3.41. The highest BCUT2D eigenvalue weighted by molar-refractivity contribution is 5.94. The zero-order chi connectivity index (χ0) is 18.8. The van der Waals surface area contributed by atoms with Crippen LogP contribution in [-0.4, -0.2) is 22.3 Å². The van der Waals surface area contributed by atoms with Gasteiger partial charge in [-0.1, -0.05) is 30.9 Å². The van der Waals surface area contributed by atoms with Gasteiger partial charge in [0.1, 0.15) is 24.0 Å². The smallest absolute Gasteiger partial charge is 0.226 e. The van der Waals surface area contributed by atoms with Crippen LogP contribution < -0.4 is 10.1 Å². The van der Waals surface area contributed by atoms with Gasteiger partial charge in [0.2, 0.25) is 5.91 Å². The number of benzene rings is 2. The first-order chi connectivity index (χ1) is 13.2. The van der Waals surface area contributed by atoms with Crippen LogP contribution in [0.4, 0.5) is 10.2 Å².